The lowest BCUT2D eigenvalue weighted by atomic mass is 10.4. The molecule has 3 nitrogen and oxygen atoms in total. The highest BCUT2D eigenvalue weighted by molar-refractivity contribution is 7.98. The van der Waals surface area contributed by atoms with Crippen LogP contribution in [0.3, 0.4) is 0 Å². The van der Waals surface area contributed by atoms with Crippen LogP contribution in [-0.2, 0) is 5.75 Å². The third-order valence-electron chi connectivity index (χ3n) is 1.35. The van der Waals surface area contributed by atoms with Crippen molar-refractivity contribution in [2.45, 2.75) is 10.9 Å². The van der Waals surface area contributed by atoms with Crippen LogP contribution in [0.5, 0.6) is 0 Å². The first-order valence-electron chi connectivity index (χ1n) is 3.44. The van der Waals surface area contributed by atoms with Gasteiger partial charge in [0.1, 0.15) is 6.33 Å². The SMILES string of the molecule is c1n[nH]c(SCc2ccsc2)n1. The summed E-state index contributed by atoms with van der Waals surface area (Å²) >= 11 is 3.38. The van der Waals surface area contributed by atoms with Crippen molar-refractivity contribution in [1.82, 2.24) is 15.2 Å². The van der Waals surface area contributed by atoms with Crippen molar-refractivity contribution in [1.29, 1.82) is 0 Å². The summed E-state index contributed by atoms with van der Waals surface area (Å²) in [7, 11) is 0. The van der Waals surface area contributed by atoms with E-state index in [9.17, 15) is 0 Å². The summed E-state index contributed by atoms with van der Waals surface area (Å²) in [6.45, 7) is 0. The lowest BCUT2D eigenvalue weighted by Gasteiger charge is -1.92. The summed E-state index contributed by atoms with van der Waals surface area (Å²) in [4.78, 5) is 4.02. The van der Waals surface area contributed by atoms with Gasteiger partial charge < -0.3 is 0 Å². The molecule has 12 heavy (non-hydrogen) atoms. The number of thiophene rings is 1. The second-order valence-electron chi connectivity index (χ2n) is 2.21. The van der Waals surface area contributed by atoms with Gasteiger partial charge in [0.25, 0.3) is 0 Å². The molecule has 2 aromatic rings. The summed E-state index contributed by atoms with van der Waals surface area (Å²) in [5.74, 6) is 0.957. The molecular weight excluding hydrogens is 190 g/mol. The normalized spacial score (nSPS) is 10.3. The Kier molecular flexibility index (Phi) is 2.43. The number of hydrogen-bond donors (Lipinski definition) is 1. The summed E-state index contributed by atoms with van der Waals surface area (Å²) in [6.07, 6.45) is 1.52. The molecule has 0 atom stereocenters. The average molecular weight is 197 g/mol. The second-order valence-corrected chi connectivity index (χ2v) is 3.95. The van der Waals surface area contributed by atoms with E-state index in [-0.39, 0.29) is 0 Å². The van der Waals surface area contributed by atoms with E-state index in [4.69, 9.17) is 0 Å². The van der Waals surface area contributed by atoms with Gasteiger partial charge in [-0.25, -0.2) is 4.98 Å². The minimum Gasteiger partial charge on any atom is -0.254 e. The molecule has 0 aromatic carbocycles. The van der Waals surface area contributed by atoms with Gasteiger partial charge in [-0.05, 0) is 22.4 Å². The van der Waals surface area contributed by atoms with E-state index < -0.39 is 0 Å². The van der Waals surface area contributed by atoms with E-state index in [1.165, 1.54) is 11.9 Å². The summed E-state index contributed by atoms with van der Waals surface area (Å²) in [5, 5.41) is 11.7. The molecular formula is C7H7N3S2. The third-order valence-corrected chi connectivity index (χ3v) is 3.03. The van der Waals surface area contributed by atoms with Gasteiger partial charge in [-0.15, -0.1) is 0 Å². The largest absolute Gasteiger partial charge is 0.254 e. The van der Waals surface area contributed by atoms with Crippen molar-refractivity contribution in [3.8, 4) is 0 Å². The number of nitrogens with zero attached hydrogens (tertiary/aromatic N) is 2. The van der Waals surface area contributed by atoms with Crippen LogP contribution >= 0.6 is 23.1 Å². The van der Waals surface area contributed by atoms with Crippen molar-refractivity contribution >= 4 is 23.1 Å². The van der Waals surface area contributed by atoms with E-state index in [0.29, 0.717) is 0 Å². The molecule has 0 saturated carbocycles. The standard InChI is InChI=1S/C7H7N3S2/c1-2-11-3-6(1)4-12-7-8-5-9-10-7/h1-3,5H,4H2,(H,8,9,10). The quantitative estimate of drug-likeness (QED) is 0.767. The van der Waals surface area contributed by atoms with Crippen LogP contribution in [-0.4, -0.2) is 15.2 Å². The van der Waals surface area contributed by atoms with Crippen LogP contribution in [0.15, 0.2) is 28.3 Å². The summed E-state index contributed by atoms with van der Waals surface area (Å²) < 4.78 is 0. The van der Waals surface area contributed by atoms with Gasteiger partial charge in [0.05, 0.1) is 0 Å². The van der Waals surface area contributed by atoms with E-state index in [0.717, 1.165) is 10.9 Å². The van der Waals surface area contributed by atoms with E-state index in [2.05, 4.69) is 32.0 Å². The number of thioether (sulfide) groups is 1. The van der Waals surface area contributed by atoms with Gasteiger partial charge in [0.15, 0.2) is 5.16 Å². The Morgan fingerprint density at radius 1 is 1.58 bits per heavy atom. The fraction of sp³-hybridized carbons (Fsp3) is 0.143. The first kappa shape index (κ1) is 7.82. The summed E-state index contributed by atoms with van der Waals surface area (Å²) in [6, 6.07) is 2.12. The molecule has 0 radical (unpaired) electrons. The molecule has 0 fully saturated rings. The Bertz CT molecular complexity index is 280. The highest BCUT2D eigenvalue weighted by Gasteiger charge is 1.97. The molecule has 0 bridgehead atoms. The third kappa shape index (κ3) is 1.86. The average Bonchev–Trinajstić information content (AvgIpc) is 2.74. The zero-order chi connectivity index (χ0) is 8.23. The Labute approximate surface area is 78.2 Å². The molecule has 0 spiro atoms. The van der Waals surface area contributed by atoms with E-state index >= 15 is 0 Å². The lowest BCUT2D eigenvalue weighted by molar-refractivity contribution is 0.973. The minimum absolute atomic E-state index is 0.876. The molecule has 1 N–H and O–H groups in total. The maximum Gasteiger partial charge on any atom is 0.183 e. The van der Waals surface area contributed by atoms with Crippen molar-refractivity contribution < 1.29 is 0 Å². The van der Waals surface area contributed by atoms with E-state index in [1.54, 1.807) is 23.1 Å². The highest BCUT2D eigenvalue weighted by Crippen LogP contribution is 2.19. The Morgan fingerprint density at radius 2 is 2.58 bits per heavy atom. The monoisotopic (exact) mass is 197 g/mol. The van der Waals surface area contributed by atoms with Crippen molar-refractivity contribution in [3.63, 3.8) is 0 Å². The van der Waals surface area contributed by atoms with Gasteiger partial charge in [0.2, 0.25) is 0 Å². The van der Waals surface area contributed by atoms with E-state index in [1.807, 2.05) is 0 Å². The van der Waals surface area contributed by atoms with Crippen LogP contribution in [0, 0.1) is 0 Å². The first-order valence-corrected chi connectivity index (χ1v) is 5.37. The number of aromatic nitrogens is 3. The van der Waals surface area contributed by atoms with Gasteiger partial charge in [-0.3, -0.25) is 5.10 Å². The zero-order valence-electron chi connectivity index (χ0n) is 6.23. The number of hydrogen-bond acceptors (Lipinski definition) is 4. The maximum atomic E-state index is 4.02. The fourth-order valence-corrected chi connectivity index (χ4v) is 2.29. The second kappa shape index (κ2) is 3.73. The van der Waals surface area contributed by atoms with Crippen LogP contribution in [0.1, 0.15) is 5.56 Å². The number of H-pyrrole nitrogens is 1. The van der Waals surface area contributed by atoms with Crippen LogP contribution in [0.2, 0.25) is 0 Å². The van der Waals surface area contributed by atoms with Crippen molar-refractivity contribution in [2.75, 3.05) is 0 Å². The molecule has 0 saturated heterocycles. The number of rotatable bonds is 3. The molecule has 62 valence electrons. The molecule has 5 heteroatoms. The topological polar surface area (TPSA) is 41.6 Å². The van der Waals surface area contributed by atoms with Gasteiger partial charge >= 0.3 is 0 Å². The summed E-state index contributed by atoms with van der Waals surface area (Å²) in [5.41, 5.74) is 1.33. The molecule has 0 unspecified atom stereocenters. The number of aromatic amines is 1. The zero-order valence-corrected chi connectivity index (χ0v) is 7.86. The lowest BCUT2D eigenvalue weighted by Crippen LogP contribution is -1.77. The van der Waals surface area contributed by atoms with Crippen molar-refractivity contribution in [3.05, 3.63) is 28.7 Å². The van der Waals surface area contributed by atoms with Gasteiger partial charge in [-0.1, -0.05) is 11.8 Å². The van der Waals surface area contributed by atoms with Gasteiger partial charge in [-0.2, -0.15) is 16.4 Å². The molecule has 2 heterocycles. The Hall–Kier alpha value is -0.810. The van der Waals surface area contributed by atoms with Gasteiger partial charge in [0, 0.05) is 5.75 Å². The maximum absolute atomic E-state index is 4.02. The molecule has 0 aliphatic heterocycles. The first-order chi connectivity index (χ1) is 5.95. The predicted octanol–water partition coefficient (Wildman–Crippen LogP) is 2.16. The Balaban J connectivity index is 1.91. The number of nitrogens with one attached hydrogen (secondary N) is 1. The van der Waals surface area contributed by atoms with Crippen molar-refractivity contribution in [2.24, 2.45) is 0 Å². The predicted molar refractivity (Wildman–Crippen MR) is 50.3 cm³/mol. The van der Waals surface area contributed by atoms with Crippen LogP contribution in [0.25, 0.3) is 0 Å². The molecule has 0 aliphatic carbocycles. The highest BCUT2D eigenvalue weighted by atomic mass is 32.2. The minimum atomic E-state index is 0.876. The fourth-order valence-electron chi connectivity index (χ4n) is 0.790. The molecule has 0 aliphatic rings. The Morgan fingerprint density at radius 3 is 3.25 bits per heavy atom. The smallest absolute Gasteiger partial charge is 0.183 e. The van der Waals surface area contributed by atoms with Crippen LogP contribution in [0.4, 0.5) is 0 Å². The molecule has 2 rings (SSSR count). The molecule has 2 aromatic heterocycles. The molecule has 0 amide bonds. The van der Waals surface area contributed by atoms with Crippen LogP contribution < -0.4 is 0 Å².